The van der Waals surface area contributed by atoms with E-state index >= 15 is 0 Å². The lowest BCUT2D eigenvalue weighted by molar-refractivity contribution is -0.140. The Balaban J connectivity index is 2.57. The maximum absolute atomic E-state index is 12.0. The van der Waals surface area contributed by atoms with Crippen LogP contribution in [0.2, 0.25) is 0 Å². The van der Waals surface area contributed by atoms with Crippen molar-refractivity contribution in [3.63, 3.8) is 0 Å². The summed E-state index contributed by atoms with van der Waals surface area (Å²) < 4.78 is 29.7. The van der Waals surface area contributed by atoms with Gasteiger partial charge in [-0.05, 0) is 6.42 Å². The second-order valence-electron chi connectivity index (χ2n) is 3.96. The molecule has 1 atom stereocenters. The minimum Gasteiger partial charge on any atom is -0.469 e. The van der Waals surface area contributed by atoms with Crippen molar-refractivity contribution in [1.82, 2.24) is 9.62 Å². The number of esters is 1. The fourth-order valence-corrected chi connectivity index (χ4v) is 3.37. The lowest BCUT2D eigenvalue weighted by atomic mass is 10.3. The highest BCUT2D eigenvalue weighted by molar-refractivity contribution is 7.89. The molecule has 0 aromatic rings. The molecule has 0 radical (unpaired) electrons. The van der Waals surface area contributed by atoms with Gasteiger partial charge in [-0.25, -0.2) is 8.42 Å². The highest BCUT2D eigenvalue weighted by Gasteiger charge is 2.31. The Morgan fingerprint density at radius 2 is 2.33 bits per heavy atom. The number of nitrogens with zero attached hydrogens (tertiary/aromatic N) is 2. The summed E-state index contributed by atoms with van der Waals surface area (Å²) in [6.45, 7) is 1.17. The highest BCUT2D eigenvalue weighted by atomic mass is 32.2. The van der Waals surface area contributed by atoms with Crippen molar-refractivity contribution in [3.8, 4) is 6.07 Å². The number of carbonyl (C=O) groups excluding carboxylic acids is 1. The van der Waals surface area contributed by atoms with Crippen LogP contribution in [0, 0.1) is 11.3 Å². The number of carbonyl (C=O) groups is 1. The molecule has 1 N–H and O–H groups in total. The van der Waals surface area contributed by atoms with Crippen molar-refractivity contribution in [2.45, 2.75) is 18.9 Å². The number of nitrogens with one attached hydrogen (secondary N) is 1. The molecule has 0 aromatic carbocycles. The van der Waals surface area contributed by atoms with E-state index in [0.29, 0.717) is 19.6 Å². The van der Waals surface area contributed by atoms with E-state index < -0.39 is 22.0 Å². The molecule has 1 aliphatic heterocycles. The fourth-order valence-electron chi connectivity index (χ4n) is 1.75. The second kappa shape index (κ2) is 6.68. The first kappa shape index (κ1) is 14.9. The molecule has 102 valence electrons. The zero-order chi connectivity index (χ0) is 13.6. The third kappa shape index (κ3) is 3.94. The molecular formula is C10H17N3O4S. The molecule has 0 aliphatic carbocycles. The summed E-state index contributed by atoms with van der Waals surface area (Å²) in [7, 11) is -2.22. The van der Waals surface area contributed by atoms with Gasteiger partial charge in [0.05, 0.1) is 18.9 Å². The Bertz CT molecular complexity index is 429. The molecule has 1 aliphatic rings. The average Bonchev–Trinajstić information content (AvgIpc) is 2.38. The van der Waals surface area contributed by atoms with Gasteiger partial charge in [-0.2, -0.15) is 9.57 Å². The standard InChI is InChI=1S/C10H17N3O4S/c1-17-10(14)3-2-6-18(15,16)13-5-4-12-8-9(13)7-11/h9,12H,2-6,8H2,1H3. The van der Waals surface area contributed by atoms with E-state index in [1.54, 1.807) is 0 Å². The molecule has 0 saturated carbocycles. The lowest BCUT2D eigenvalue weighted by Crippen LogP contribution is -2.53. The van der Waals surface area contributed by atoms with E-state index in [0.717, 1.165) is 0 Å². The molecular weight excluding hydrogens is 258 g/mol. The number of ether oxygens (including phenoxy) is 1. The number of hydrogen-bond donors (Lipinski definition) is 1. The summed E-state index contributed by atoms with van der Waals surface area (Å²) in [6.07, 6.45) is 0.274. The summed E-state index contributed by atoms with van der Waals surface area (Å²) >= 11 is 0. The Kier molecular flexibility index (Phi) is 5.53. The van der Waals surface area contributed by atoms with Crippen LogP contribution < -0.4 is 5.32 Å². The maximum Gasteiger partial charge on any atom is 0.305 e. The molecule has 1 fully saturated rings. The number of hydrogen-bond acceptors (Lipinski definition) is 6. The molecule has 1 unspecified atom stereocenters. The largest absolute Gasteiger partial charge is 0.469 e. The summed E-state index contributed by atoms with van der Waals surface area (Å²) in [6, 6.07) is 1.30. The lowest BCUT2D eigenvalue weighted by Gasteiger charge is -2.30. The SMILES string of the molecule is COC(=O)CCCS(=O)(=O)N1CCNCC1C#N. The molecule has 18 heavy (non-hydrogen) atoms. The van der Waals surface area contributed by atoms with Gasteiger partial charge in [0.2, 0.25) is 10.0 Å². The van der Waals surface area contributed by atoms with Crippen LogP contribution in [0.4, 0.5) is 0 Å². The monoisotopic (exact) mass is 275 g/mol. The van der Waals surface area contributed by atoms with Crippen molar-refractivity contribution < 1.29 is 17.9 Å². The Hall–Kier alpha value is -1.17. The zero-order valence-electron chi connectivity index (χ0n) is 10.3. The number of methoxy groups -OCH3 is 1. The first-order valence-electron chi connectivity index (χ1n) is 5.68. The summed E-state index contributed by atoms with van der Waals surface area (Å²) in [5, 5.41) is 11.9. The first-order valence-corrected chi connectivity index (χ1v) is 7.29. The maximum atomic E-state index is 12.0. The van der Waals surface area contributed by atoms with Crippen LogP contribution >= 0.6 is 0 Å². The molecule has 0 aromatic heterocycles. The van der Waals surface area contributed by atoms with Gasteiger partial charge in [0.25, 0.3) is 0 Å². The number of piperazine rings is 1. The van der Waals surface area contributed by atoms with Gasteiger partial charge < -0.3 is 10.1 Å². The van der Waals surface area contributed by atoms with E-state index in [1.807, 2.05) is 6.07 Å². The van der Waals surface area contributed by atoms with Crippen LogP contribution in [0.3, 0.4) is 0 Å². The minimum absolute atomic E-state index is 0.0685. The van der Waals surface area contributed by atoms with Crippen molar-refractivity contribution in [3.05, 3.63) is 0 Å². The topological polar surface area (TPSA) is 99.5 Å². The van der Waals surface area contributed by atoms with Crippen molar-refractivity contribution in [1.29, 1.82) is 5.26 Å². The van der Waals surface area contributed by atoms with Crippen LogP contribution in [0.15, 0.2) is 0 Å². The Morgan fingerprint density at radius 1 is 1.61 bits per heavy atom. The third-order valence-electron chi connectivity index (χ3n) is 2.71. The predicted octanol–water partition coefficient (Wildman–Crippen LogP) is -0.933. The Morgan fingerprint density at radius 3 is 2.94 bits per heavy atom. The van der Waals surface area contributed by atoms with Gasteiger partial charge >= 0.3 is 5.97 Å². The summed E-state index contributed by atoms with van der Waals surface area (Å²) in [5.74, 6) is -0.567. The normalized spacial score (nSPS) is 21.2. The number of sulfonamides is 1. The van der Waals surface area contributed by atoms with Crippen LogP contribution in [0.25, 0.3) is 0 Å². The molecule has 1 heterocycles. The van der Waals surface area contributed by atoms with E-state index in [4.69, 9.17) is 5.26 Å². The average molecular weight is 275 g/mol. The predicted molar refractivity (Wildman–Crippen MR) is 64.0 cm³/mol. The van der Waals surface area contributed by atoms with E-state index in [-0.39, 0.29) is 18.6 Å². The smallest absolute Gasteiger partial charge is 0.305 e. The molecule has 1 saturated heterocycles. The highest BCUT2D eigenvalue weighted by Crippen LogP contribution is 2.11. The summed E-state index contributed by atoms with van der Waals surface area (Å²) in [5.41, 5.74) is 0. The van der Waals surface area contributed by atoms with Crippen LogP contribution in [-0.4, -0.2) is 57.2 Å². The minimum atomic E-state index is -3.49. The van der Waals surface area contributed by atoms with Gasteiger partial charge in [-0.1, -0.05) is 0 Å². The molecule has 8 heteroatoms. The number of nitriles is 1. The van der Waals surface area contributed by atoms with E-state index in [2.05, 4.69) is 10.1 Å². The van der Waals surface area contributed by atoms with Crippen molar-refractivity contribution >= 4 is 16.0 Å². The van der Waals surface area contributed by atoms with Crippen molar-refractivity contribution in [2.24, 2.45) is 0 Å². The van der Waals surface area contributed by atoms with Gasteiger partial charge in [-0.15, -0.1) is 0 Å². The van der Waals surface area contributed by atoms with E-state index in [9.17, 15) is 13.2 Å². The van der Waals surface area contributed by atoms with Gasteiger partial charge in [0.15, 0.2) is 0 Å². The van der Waals surface area contributed by atoms with Crippen LogP contribution in [0.5, 0.6) is 0 Å². The van der Waals surface area contributed by atoms with E-state index in [1.165, 1.54) is 11.4 Å². The fraction of sp³-hybridized carbons (Fsp3) is 0.800. The second-order valence-corrected chi connectivity index (χ2v) is 6.00. The number of rotatable bonds is 5. The first-order chi connectivity index (χ1) is 8.51. The molecule has 0 bridgehead atoms. The quantitative estimate of drug-likeness (QED) is 0.651. The molecule has 0 spiro atoms. The zero-order valence-corrected chi connectivity index (χ0v) is 11.1. The van der Waals surface area contributed by atoms with Gasteiger partial charge in [0.1, 0.15) is 6.04 Å². The van der Waals surface area contributed by atoms with Gasteiger partial charge in [0, 0.05) is 26.1 Å². The Labute approximate surface area is 107 Å². The molecule has 0 amide bonds. The van der Waals surface area contributed by atoms with Crippen LogP contribution in [0.1, 0.15) is 12.8 Å². The van der Waals surface area contributed by atoms with Crippen molar-refractivity contribution in [2.75, 3.05) is 32.5 Å². The molecule has 1 rings (SSSR count). The van der Waals surface area contributed by atoms with Crippen LogP contribution in [-0.2, 0) is 19.6 Å². The summed E-state index contributed by atoms with van der Waals surface area (Å²) in [4.78, 5) is 10.9. The third-order valence-corrected chi connectivity index (χ3v) is 4.67. The molecule has 7 nitrogen and oxygen atoms in total. The van der Waals surface area contributed by atoms with Gasteiger partial charge in [-0.3, -0.25) is 4.79 Å².